The highest BCUT2D eigenvalue weighted by molar-refractivity contribution is 7.00. The molecule has 0 unspecified atom stereocenters. The molecule has 2 heterocycles. The maximum Gasteiger partial charge on any atom is 0.252 e. The van der Waals surface area contributed by atoms with Crippen LogP contribution in [0.3, 0.4) is 0 Å². The first-order valence-electron chi connectivity index (χ1n) is 16.0. The molecule has 0 atom stereocenters. The van der Waals surface area contributed by atoms with Crippen LogP contribution in [0, 0.1) is 20.8 Å². The first kappa shape index (κ1) is 28.5. The molecule has 220 valence electrons. The van der Waals surface area contributed by atoms with Crippen LogP contribution in [0.5, 0.6) is 0 Å². The molecule has 5 aromatic carbocycles. The van der Waals surface area contributed by atoms with E-state index in [9.17, 15) is 0 Å². The van der Waals surface area contributed by atoms with Crippen LogP contribution in [0.2, 0.25) is 0 Å². The maximum atomic E-state index is 2.54. The van der Waals surface area contributed by atoms with Gasteiger partial charge in [-0.2, -0.15) is 0 Å². The molecule has 44 heavy (non-hydrogen) atoms. The Bertz CT molecular complexity index is 1920. The van der Waals surface area contributed by atoms with E-state index in [-0.39, 0.29) is 17.5 Å². The van der Waals surface area contributed by atoms with Crippen LogP contribution in [-0.2, 0) is 10.8 Å². The summed E-state index contributed by atoms with van der Waals surface area (Å²) >= 11 is 0. The van der Waals surface area contributed by atoms with Gasteiger partial charge in [0.15, 0.2) is 0 Å². The second-order valence-corrected chi connectivity index (χ2v) is 14.9. The topological polar surface area (TPSA) is 6.48 Å². The molecule has 0 saturated heterocycles. The van der Waals surface area contributed by atoms with Crippen molar-refractivity contribution in [2.75, 3.05) is 9.80 Å². The zero-order valence-corrected chi connectivity index (χ0v) is 27.7. The van der Waals surface area contributed by atoms with Gasteiger partial charge in [0.1, 0.15) is 0 Å². The van der Waals surface area contributed by atoms with Crippen molar-refractivity contribution in [3.05, 3.63) is 125 Å². The van der Waals surface area contributed by atoms with Gasteiger partial charge >= 0.3 is 0 Å². The molecule has 0 fully saturated rings. The second-order valence-electron chi connectivity index (χ2n) is 14.9. The summed E-state index contributed by atoms with van der Waals surface area (Å²) in [6.07, 6.45) is 0. The Labute approximate surface area is 264 Å². The molecule has 0 radical (unpaired) electrons. The lowest BCUT2D eigenvalue weighted by Gasteiger charge is -2.45. The third kappa shape index (κ3) is 4.40. The highest BCUT2D eigenvalue weighted by atomic mass is 15.2. The molecule has 5 aromatic rings. The molecule has 3 heteroatoms. The van der Waals surface area contributed by atoms with Crippen molar-refractivity contribution in [3.63, 3.8) is 0 Å². The number of fused-ring (bicyclic) bond motifs is 4. The van der Waals surface area contributed by atoms with E-state index in [2.05, 4.69) is 169 Å². The predicted octanol–water partition coefficient (Wildman–Crippen LogP) is 9.29. The summed E-state index contributed by atoms with van der Waals surface area (Å²) in [4.78, 5) is 5.06. The molecule has 0 spiro atoms. The number of para-hydroxylation sites is 2. The summed E-state index contributed by atoms with van der Waals surface area (Å²) in [5, 5.41) is 0. The Morgan fingerprint density at radius 1 is 0.500 bits per heavy atom. The first-order valence-corrected chi connectivity index (χ1v) is 16.0. The maximum absolute atomic E-state index is 2.54. The number of hydrogen-bond donors (Lipinski definition) is 0. The van der Waals surface area contributed by atoms with E-state index in [0.717, 1.165) is 0 Å². The zero-order chi connectivity index (χ0) is 31.1. The van der Waals surface area contributed by atoms with Gasteiger partial charge in [-0.15, -0.1) is 0 Å². The van der Waals surface area contributed by atoms with Crippen LogP contribution >= 0.6 is 0 Å². The average molecular weight is 575 g/mol. The summed E-state index contributed by atoms with van der Waals surface area (Å²) in [5.74, 6) is 0. The Morgan fingerprint density at radius 2 is 1.11 bits per heavy atom. The third-order valence-electron chi connectivity index (χ3n) is 9.65. The van der Waals surface area contributed by atoms with Gasteiger partial charge in [0.05, 0.1) is 0 Å². The summed E-state index contributed by atoms with van der Waals surface area (Å²) in [6.45, 7) is 20.7. The van der Waals surface area contributed by atoms with Crippen molar-refractivity contribution in [1.82, 2.24) is 0 Å². The highest BCUT2D eigenvalue weighted by Gasteiger charge is 2.44. The fraction of sp³-hybridized carbons (Fsp3) is 0.268. The minimum Gasteiger partial charge on any atom is -0.311 e. The molecule has 2 aliphatic heterocycles. The van der Waals surface area contributed by atoms with Gasteiger partial charge in [0, 0.05) is 34.1 Å². The molecule has 0 aliphatic carbocycles. The number of benzene rings is 5. The van der Waals surface area contributed by atoms with Gasteiger partial charge in [-0.1, -0.05) is 102 Å². The minimum absolute atomic E-state index is 0.0435. The largest absolute Gasteiger partial charge is 0.311 e. The molecular weight excluding hydrogens is 531 g/mol. The van der Waals surface area contributed by atoms with Crippen molar-refractivity contribution in [1.29, 1.82) is 0 Å². The van der Waals surface area contributed by atoms with E-state index in [1.54, 1.807) is 0 Å². The molecular formula is C41H43BN2. The Hall–Kier alpha value is -4.24. The van der Waals surface area contributed by atoms with Gasteiger partial charge < -0.3 is 9.80 Å². The van der Waals surface area contributed by atoms with Crippen LogP contribution in [0.4, 0.5) is 34.1 Å². The van der Waals surface area contributed by atoms with E-state index in [4.69, 9.17) is 0 Å². The number of nitrogens with zero attached hydrogens (tertiary/aromatic N) is 2. The number of anilines is 6. The fourth-order valence-electron chi connectivity index (χ4n) is 7.28. The summed E-state index contributed by atoms with van der Waals surface area (Å²) in [7, 11) is 0. The van der Waals surface area contributed by atoms with E-state index < -0.39 is 0 Å². The van der Waals surface area contributed by atoms with Crippen molar-refractivity contribution in [2.45, 2.75) is 73.1 Å². The molecule has 2 aliphatic rings. The van der Waals surface area contributed by atoms with Crippen molar-refractivity contribution >= 4 is 57.2 Å². The predicted molar refractivity (Wildman–Crippen MR) is 192 cm³/mol. The number of hydrogen-bond acceptors (Lipinski definition) is 2. The molecule has 7 rings (SSSR count). The lowest BCUT2D eigenvalue weighted by atomic mass is 9.33. The Kier molecular flexibility index (Phi) is 6.41. The van der Waals surface area contributed by atoms with E-state index in [1.807, 2.05) is 0 Å². The van der Waals surface area contributed by atoms with Crippen LogP contribution in [0.1, 0.15) is 69.4 Å². The monoisotopic (exact) mass is 574 g/mol. The van der Waals surface area contributed by atoms with Crippen LogP contribution < -0.4 is 26.2 Å². The van der Waals surface area contributed by atoms with Gasteiger partial charge in [-0.25, -0.2) is 0 Å². The Morgan fingerprint density at radius 3 is 1.77 bits per heavy atom. The van der Waals surface area contributed by atoms with E-state index in [1.165, 1.54) is 78.3 Å². The molecule has 0 bridgehead atoms. The van der Waals surface area contributed by atoms with Crippen LogP contribution in [-0.4, -0.2) is 6.71 Å². The van der Waals surface area contributed by atoms with Crippen molar-refractivity contribution in [2.24, 2.45) is 0 Å². The lowest BCUT2D eigenvalue weighted by molar-refractivity contribution is 0.590. The SMILES string of the molecule is Cc1cc2c3c(c1)N(c1ccccc1C)c1c(C)cccc1B3c1cc(C(C)(C)C)ccc1N2c1ccc(C(C)(C)C)cc1. The normalized spacial score (nSPS) is 13.9. The van der Waals surface area contributed by atoms with Crippen molar-refractivity contribution in [3.8, 4) is 0 Å². The average Bonchev–Trinajstić information content (AvgIpc) is 2.96. The molecule has 0 amide bonds. The van der Waals surface area contributed by atoms with Gasteiger partial charge in [0.25, 0.3) is 6.71 Å². The summed E-state index contributed by atoms with van der Waals surface area (Å²) < 4.78 is 0. The fourth-order valence-corrected chi connectivity index (χ4v) is 7.28. The first-order chi connectivity index (χ1) is 20.8. The molecule has 0 aromatic heterocycles. The summed E-state index contributed by atoms with van der Waals surface area (Å²) in [5.41, 5.74) is 18.4. The molecule has 2 nitrogen and oxygen atoms in total. The number of rotatable bonds is 2. The van der Waals surface area contributed by atoms with E-state index >= 15 is 0 Å². The molecule has 0 saturated carbocycles. The highest BCUT2D eigenvalue weighted by Crippen LogP contribution is 2.46. The quantitative estimate of drug-likeness (QED) is 0.190. The van der Waals surface area contributed by atoms with Crippen molar-refractivity contribution < 1.29 is 0 Å². The lowest BCUT2D eigenvalue weighted by Crippen LogP contribution is -2.61. The van der Waals surface area contributed by atoms with Gasteiger partial charge in [0.2, 0.25) is 0 Å². The molecule has 0 N–H and O–H groups in total. The van der Waals surface area contributed by atoms with Crippen LogP contribution in [0.25, 0.3) is 0 Å². The number of aryl methyl sites for hydroxylation is 3. The smallest absolute Gasteiger partial charge is 0.252 e. The summed E-state index contributed by atoms with van der Waals surface area (Å²) in [6, 6.07) is 37.0. The zero-order valence-electron chi connectivity index (χ0n) is 27.7. The van der Waals surface area contributed by atoms with Gasteiger partial charge in [-0.3, -0.25) is 0 Å². The van der Waals surface area contributed by atoms with Crippen LogP contribution in [0.15, 0.2) is 97.1 Å². The Balaban J connectivity index is 1.59. The standard InChI is InChI=1S/C41H43BN2/c1-26-23-36-38-37(24-26)44(34-16-11-10-13-27(34)2)39-28(3)14-12-15-32(39)42(38)33-25-30(41(7,8)9)19-22-35(33)43(36)31-20-17-29(18-21-31)40(4,5)6/h10-25H,1-9H3. The third-order valence-corrected chi connectivity index (χ3v) is 9.65. The van der Waals surface area contributed by atoms with E-state index in [0.29, 0.717) is 0 Å². The van der Waals surface area contributed by atoms with Gasteiger partial charge in [-0.05, 0) is 112 Å². The second kappa shape index (κ2) is 9.89. The minimum atomic E-state index is 0.0435.